The maximum atomic E-state index is 10.2. The number of methoxy groups -OCH3 is 1. The van der Waals surface area contributed by atoms with Gasteiger partial charge in [0.2, 0.25) is 11.6 Å². The van der Waals surface area contributed by atoms with Crippen LogP contribution in [0.1, 0.15) is 18.4 Å². The van der Waals surface area contributed by atoms with Gasteiger partial charge >= 0.3 is 0 Å². The van der Waals surface area contributed by atoms with Crippen molar-refractivity contribution in [2.45, 2.75) is 25.4 Å². The van der Waals surface area contributed by atoms with E-state index in [0.29, 0.717) is 28.5 Å². The van der Waals surface area contributed by atoms with Crippen LogP contribution in [0, 0.1) is 0 Å². The highest BCUT2D eigenvalue weighted by molar-refractivity contribution is 5.83. The molecular weight excluding hydrogens is 366 g/mol. The van der Waals surface area contributed by atoms with E-state index in [2.05, 4.69) is 30.7 Å². The predicted octanol–water partition coefficient (Wildman–Crippen LogP) is 0.741. The molecule has 0 saturated carbocycles. The molecule has 0 bridgehead atoms. The lowest BCUT2D eigenvalue weighted by atomic mass is 10.1. The number of aromatic nitrogens is 5. The molecule has 0 amide bonds. The van der Waals surface area contributed by atoms with Crippen molar-refractivity contribution < 1.29 is 20.1 Å². The molecule has 1 aliphatic heterocycles. The number of rotatable bonds is 6. The van der Waals surface area contributed by atoms with Crippen molar-refractivity contribution in [3.05, 3.63) is 17.7 Å². The van der Waals surface area contributed by atoms with E-state index in [1.165, 1.54) is 19.2 Å². The zero-order valence-electron chi connectivity index (χ0n) is 15.3. The predicted molar refractivity (Wildman–Crippen MR) is 101 cm³/mol. The molecule has 1 aromatic carbocycles. The number of aliphatic hydroxyl groups excluding tert-OH is 1. The van der Waals surface area contributed by atoms with Crippen LogP contribution in [0.5, 0.6) is 17.2 Å². The summed E-state index contributed by atoms with van der Waals surface area (Å²) in [5.74, 6) is 0.991. The van der Waals surface area contributed by atoms with Gasteiger partial charge < -0.3 is 30.3 Å². The number of phenols is 2. The van der Waals surface area contributed by atoms with Crippen LogP contribution in [-0.4, -0.2) is 67.0 Å². The highest BCUT2D eigenvalue weighted by Crippen LogP contribution is 2.34. The van der Waals surface area contributed by atoms with E-state index in [1.54, 1.807) is 0 Å². The highest BCUT2D eigenvalue weighted by atomic mass is 16.5. The van der Waals surface area contributed by atoms with Gasteiger partial charge in [0.1, 0.15) is 5.75 Å². The van der Waals surface area contributed by atoms with Gasteiger partial charge in [-0.05, 0) is 18.9 Å². The molecule has 0 radical (unpaired) electrons. The Balaban J connectivity index is 1.63. The van der Waals surface area contributed by atoms with E-state index < -0.39 is 0 Å². The van der Waals surface area contributed by atoms with Crippen molar-refractivity contribution in [1.82, 2.24) is 25.4 Å². The molecule has 3 aromatic rings. The fraction of sp³-hybridized carbons (Fsp3) is 0.412. The van der Waals surface area contributed by atoms with E-state index in [1.807, 2.05) is 4.90 Å². The number of H-pyrrole nitrogens is 1. The minimum absolute atomic E-state index is 0.0206. The summed E-state index contributed by atoms with van der Waals surface area (Å²) in [6.45, 7) is 0.967. The molecule has 1 saturated heterocycles. The molecular formula is C17H21N7O4. The van der Waals surface area contributed by atoms with Gasteiger partial charge in [-0.25, -0.2) is 0 Å². The second-order valence-corrected chi connectivity index (χ2v) is 6.55. The summed E-state index contributed by atoms with van der Waals surface area (Å²) in [6.07, 6.45) is 1.83. The number of phenolic OH excluding ortho intramolecular Hbond substituents is 2. The number of hydrogen-bond acceptors (Lipinski definition) is 10. The smallest absolute Gasteiger partial charge is 0.229 e. The van der Waals surface area contributed by atoms with Crippen molar-refractivity contribution in [1.29, 1.82) is 0 Å². The summed E-state index contributed by atoms with van der Waals surface area (Å²) in [5.41, 5.74) is 1.32. The standard InChI is InChI=1S/C17H21N7O4/c1-28-13-6-11(26)9(5-12(13)27)7-18-15-14-16(22-23-21-14)20-17(19-15)24-4-2-3-10(24)8-25/h5-6,10,25-27H,2-4,7-8H2,1H3,(H2,18,19,20,21,22,23)/t10-/m1/s1. The molecule has 4 rings (SSSR count). The van der Waals surface area contributed by atoms with Gasteiger partial charge in [0, 0.05) is 24.7 Å². The number of fused-ring (bicyclic) bond motifs is 1. The van der Waals surface area contributed by atoms with E-state index >= 15 is 0 Å². The van der Waals surface area contributed by atoms with E-state index in [-0.39, 0.29) is 36.4 Å². The SMILES string of the molecule is COc1cc(O)c(CNc2nc(N3CCC[C@@H]3CO)nc3n[nH]nc23)cc1O. The number of aromatic hydroxyl groups is 2. The Morgan fingerprint density at radius 2 is 2.11 bits per heavy atom. The Kier molecular flexibility index (Phi) is 4.74. The lowest BCUT2D eigenvalue weighted by molar-refractivity contribution is 0.265. The first kappa shape index (κ1) is 18.0. The Morgan fingerprint density at radius 3 is 2.89 bits per heavy atom. The molecule has 11 nitrogen and oxygen atoms in total. The summed E-state index contributed by atoms with van der Waals surface area (Å²) in [5, 5.41) is 43.5. The van der Waals surface area contributed by atoms with Crippen LogP contribution in [0.25, 0.3) is 11.2 Å². The van der Waals surface area contributed by atoms with E-state index in [4.69, 9.17) is 4.74 Å². The zero-order chi connectivity index (χ0) is 19.7. The molecule has 2 aromatic heterocycles. The van der Waals surface area contributed by atoms with Crippen LogP contribution < -0.4 is 15.0 Å². The molecule has 0 unspecified atom stereocenters. The number of hydrogen-bond donors (Lipinski definition) is 5. The van der Waals surface area contributed by atoms with Gasteiger partial charge in [0.15, 0.2) is 22.8 Å². The summed E-state index contributed by atoms with van der Waals surface area (Å²) < 4.78 is 4.98. The largest absolute Gasteiger partial charge is 0.507 e. The summed E-state index contributed by atoms with van der Waals surface area (Å²) >= 11 is 0. The van der Waals surface area contributed by atoms with Crippen molar-refractivity contribution in [2.24, 2.45) is 0 Å². The normalized spacial score (nSPS) is 16.6. The summed E-state index contributed by atoms with van der Waals surface area (Å²) in [7, 11) is 1.41. The molecule has 28 heavy (non-hydrogen) atoms. The molecule has 0 aliphatic carbocycles. The number of anilines is 2. The Labute approximate surface area is 160 Å². The van der Waals surface area contributed by atoms with Crippen LogP contribution >= 0.6 is 0 Å². The number of nitrogens with zero attached hydrogens (tertiary/aromatic N) is 5. The molecule has 1 atom stereocenters. The van der Waals surface area contributed by atoms with Gasteiger partial charge in [0.05, 0.1) is 19.8 Å². The maximum Gasteiger partial charge on any atom is 0.229 e. The van der Waals surface area contributed by atoms with Gasteiger partial charge in [-0.15, -0.1) is 5.10 Å². The van der Waals surface area contributed by atoms with Crippen molar-refractivity contribution in [2.75, 3.05) is 30.5 Å². The fourth-order valence-corrected chi connectivity index (χ4v) is 3.36. The third-order valence-corrected chi connectivity index (χ3v) is 4.84. The molecule has 0 spiro atoms. The second-order valence-electron chi connectivity index (χ2n) is 6.55. The zero-order valence-corrected chi connectivity index (χ0v) is 15.3. The summed E-state index contributed by atoms with van der Waals surface area (Å²) in [4.78, 5) is 10.9. The van der Waals surface area contributed by atoms with Gasteiger partial charge in [-0.1, -0.05) is 0 Å². The Morgan fingerprint density at radius 1 is 1.25 bits per heavy atom. The maximum absolute atomic E-state index is 10.2. The number of aliphatic hydroxyl groups is 1. The highest BCUT2D eigenvalue weighted by Gasteiger charge is 2.27. The average Bonchev–Trinajstić information content (AvgIpc) is 3.36. The Hall–Kier alpha value is -3.34. The molecule has 3 heterocycles. The quantitative estimate of drug-likeness (QED) is 0.383. The fourth-order valence-electron chi connectivity index (χ4n) is 3.36. The Bertz CT molecular complexity index is 993. The van der Waals surface area contributed by atoms with Gasteiger partial charge in [0.25, 0.3) is 0 Å². The molecule has 5 N–H and O–H groups in total. The first-order chi connectivity index (χ1) is 13.6. The number of ether oxygens (including phenoxy) is 1. The first-order valence-electron chi connectivity index (χ1n) is 8.89. The minimum Gasteiger partial charge on any atom is -0.507 e. The molecule has 148 valence electrons. The lowest BCUT2D eigenvalue weighted by Crippen LogP contribution is -2.33. The van der Waals surface area contributed by atoms with E-state index in [0.717, 1.165) is 19.4 Å². The summed E-state index contributed by atoms with van der Waals surface area (Å²) in [6, 6.07) is 2.74. The van der Waals surface area contributed by atoms with Crippen molar-refractivity contribution >= 4 is 22.9 Å². The number of aromatic amines is 1. The second kappa shape index (κ2) is 7.35. The number of nitrogens with one attached hydrogen (secondary N) is 2. The van der Waals surface area contributed by atoms with Crippen LogP contribution in [0.2, 0.25) is 0 Å². The van der Waals surface area contributed by atoms with Crippen LogP contribution in [0.4, 0.5) is 11.8 Å². The number of benzene rings is 1. The van der Waals surface area contributed by atoms with Gasteiger partial charge in [-0.3, -0.25) is 0 Å². The van der Waals surface area contributed by atoms with E-state index in [9.17, 15) is 15.3 Å². The topological polar surface area (TPSA) is 153 Å². The van der Waals surface area contributed by atoms with Crippen molar-refractivity contribution in [3.63, 3.8) is 0 Å². The third-order valence-electron chi connectivity index (χ3n) is 4.84. The first-order valence-corrected chi connectivity index (χ1v) is 8.89. The van der Waals surface area contributed by atoms with Crippen LogP contribution in [0.3, 0.4) is 0 Å². The minimum atomic E-state index is -0.0742. The molecule has 1 aliphatic rings. The lowest BCUT2D eigenvalue weighted by Gasteiger charge is -2.23. The molecule has 1 fully saturated rings. The third kappa shape index (κ3) is 3.20. The van der Waals surface area contributed by atoms with Gasteiger partial charge in [-0.2, -0.15) is 20.3 Å². The van der Waals surface area contributed by atoms with Crippen molar-refractivity contribution in [3.8, 4) is 17.2 Å². The van der Waals surface area contributed by atoms with Crippen LogP contribution in [0.15, 0.2) is 12.1 Å². The van der Waals surface area contributed by atoms with Crippen LogP contribution in [-0.2, 0) is 6.54 Å². The monoisotopic (exact) mass is 387 g/mol. The average molecular weight is 387 g/mol. The molecule has 11 heteroatoms.